The van der Waals surface area contributed by atoms with E-state index in [0.717, 1.165) is 10.6 Å². The Labute approximate surface area is 99.3 Å². The van der Waals surface area contributed by atoms with Crippen LogP contribution in [0.2, 0.25) is 0 Å². The zero-order valence-electron chi connectivity index (χ0n) is 9.87. The number of nitriles is 1. The lowest BCUT2D eigenvalue weighted by molar-refractivity contribution is -0.119. The molecule has 1 rings (SSSR count). The average molecular weight is 237 g/mol. The maximum atomic E-state index is 11.7. The molecular formula is C11H15N3OS. The fourth-order valence-corrected chi connectivity index (χ4v) is 2.04. The molecule has 1 aromatic rings. The Hall–Kier alpha value is -1.41. The van der Waals surface area contributed by atoms with Gasteiger partial charge in [-0.3, -0.25) is 4.79 Å². The molecule has 16 heavy (non-hydrogen) atoms. The van der Waals surface area contributed by atoms with Gasteiger partial charge in [-0.2, -0.15) is 5.26 Å². The van der Waals surface area contributed by atoms with E-state index >= 15 is 0 Å². The van der Waals surface area contributed by atoms with E-state index in [0.29, 0.717) is 5.13 Å². The molecule has 0 aliphatic carbocycles. The van der Waals surface area contributed by atoms with E-state index in [-0.39, 0.29) is 11.8 Å². The smallest absolute Gasteiger partial charge is 0.243 e. The normalized spacial score (nSPS) is 12.2. The van der Waals surface area contributed by atoms with Gasteiger partial charge in [0.2, 0.25) is 5.91 Å². The Bertz CT molecular complexity index is 411. The second kappa shape index (κ2) is 5.08. The van der Waals surface area contributed by atoms with Crippen molar-refractivity contribution in [3.63, 3.8) is 0 Å². The van der Waals surface area contributed by atoms with E-state index in [9.17, 15) is 4.79 Å². The van der Waals surface area contributed by atoms with Crippen molar-refractivity contribution in [1.29, 1.82) is 5.26 Å². The minimum Gasteiger partial charge on any atom is -0.301 e. The summed E-state index contributed by atoms with van der Waals surface area (Å²) in [5, 5.41) is 12.1. The fraction of sp³-hybridized carbons (Fsp3) is 0.545. The fourth-order valence-electron chi connectivity index (χ4n) is 1.22. The number of amides is 1. The van der Waals surface area contributed by atoms with Gasteiger partial charge in [0.15, 0.2) is 5.13 Å². The summed E-state index contributed by atoms with van der Waals surface area (Å²) in [5.74, 6) is -0.886. The lowest BCUT2D eigenvalue weighted by Crippen LogP contribution is -2.25. The van der Waals surface area contributed by atoms with Crippen molar-refractivity contribution >= 4 is 22.4 Å². The Morgan fingerprint density at radius 3 is 2.50 bits per heavy atom. The van der Waals surface area contributed by atoms with Crippen molar-refractivity contribution < 1.29 is 4.79 Å². The first kappa shape index (κ1) is 12.7. The Morgan fingerprint density at radius 2 is 2.12 bits per heavy atom. The van der Waals surface area contributed by atoms with Gasteiger partial charge < -0.3 is 5.32 Å². The molecule has 0 radical (unpaired) electrons. The molecule has 1 aromatic heterocycles. The maximum absolute atomic E-state index is 11.7. The second-order valence-corrected chi connectivity index (χ2v) is 5.20. The molecule has 1 N–H and O–H groups in total. The van der Waals surface area contributed by atoms with Crippen molar-refractivity contribution in [3.8, 4) is 6.07 Å². The number of anilines is 1. The van der Waals surface area contributed by atoms with Crippen molar-refractivity contribution in [2.75, 3.05) is 5.32 Å². The molecule has 0 aliphatic rings. The van der Waals surface area contributed by atoms with Crippen molar-refractivity contribution in [3.05, 3.63) is 10.6 Å². The van der Waals surface area contributed by atoms with Crippen LogP contribution >= 0.6 is 11.3 Å². The Balaban J connectivity index is 2.75. The maximum Gasteiger partial charge on any atom is 0.243 e. The number of carbonyl (C=O) groups is 1. The summed E-state index contributed by atoms with van der Waals surface area (Å²) < 4.78 is 0. The summed E-state index contributed by atoms with van der Waals surface area (Å²) in [5.41, 5.74) is 0.915. The number of nitrogens with one attached hydrogen (secondary N) is 1. The summed E-state index contributed by atoms with van der Waals surface area (Å²) in [6, 6.07) is 2.01. The molecule has 0 aromatic carbocycles. The SMILES string of the molecule is Cc1nc(NC(=O)C(C#N)C(C)C)sc1C. The number of thiazole rings is 1. The summed E-state index contributed by atoms with van der Waals surface area (Å²) in [4.78, 5) is 17.0. The van der Waals surface area contributed by atoms with Gasteiger partial charge in [-0.15, -0.1) is 11.3 Å². The van der Waals surface area contributed by atoms with Crippen molar-refractivity contribution in [1.82, 2.24) is 4.98 Å². The lowest BCUT2D eigenvalue weighted by atomic mass is 9.97. The van der Waals surface area contributed by atoms with Crippen LogP contribution < -0.4 is 5.32 Å². The first-order valence-corrected chi connectivity index (χ1v) is 5.92. The lowest BCUT2D eigenvalue weighted by Gasteiger charge is -2.11. The first-order chi connectivity index (χ1) is 7.45. The molecule has 5 heteroatoms. The summed E-state index contributed by atoms with van der Waals surface area (Å²) in [7, 11) is 0. The molecule has 0 saturated heterocycles. The summed E-state index contributed by atoms with van der Waals surface area (Å²) in [6.07, 6.45) is 0. The molecule has 1 heterocycles. The monoisotopic (exact) mass is 237 g/mol. The molecule has 86 valence electrons. The van der Waals surface area contributed by atoms with Crippen LogP contribution in [-0.2, 0) is 4.79 Å². The molecular weight excluding hydrogens is 222 g/mol. The van der Waals surface area contributed by atoms with Gasteiger partial charge in [0.25, 0.3) is 0 Å². The molecule has 0 spiro atoms. The van der Waals surface area contributed by atoms with Gasteiger partial charge in [0, 0.05) is 4.88 Å². The molecule has 1 amide bonds. The van der Waals surface area contributed by atoms with Crippen LogP contribution in [0.4, 0.5) is 5.13 Å². The zero-order chi connectivity index (χ0) is 12.3. The van der Waals surface area contributed by atoms with Gasteiger partial charge >= 0.3 is 0 Å². The third-order valence-electron chi connectivity index (χ3n) is 2.35. The summed E-state index contributed by atoms with van der Waals surface area (Å²) in [6.45, 7) is 7.55. The number of carbonyl (C=O) groups excluding carboxylic acids is 1. The predicted molar refractivity (Wildman–Crippen MR) is 64.2 cm³/mol. The largest absolute Gasteiger partial charge is 0.301 e. The van der Waals surface area contributed by atoms with Crippen molar-refractivity contribution in [2.24, 2.45) is 11.8 Å². The van der Waals surface area contributed by atoms with Crippen LogP contribution in [0, 0.1) is 37.0 Å². The van der Waals surface area contributed by atoms with Crippen molar-refractivity contribution in [2.45, 2.75) is 27.7 Å². The van der Waals surface area contributed by atoms with E-state index in [1.165, 1.54) is 11.3 Å². The molecule has 1 unspecified atom stereocenters. The average Bonchev–Trinajstić information content (AvgIpc) is 2.45. The quantitative estimate of drug-likeness (QED) is 0.878. The van der Waals surface area contributed by atoms with Gasteiger partial charge in [0.1, 0.15) is 5.92 Å². The number of hydrogen-bond donors (Lipinski definition) is 1. The standard InChI is InChI=1S/C11H15N3OS/c1-6(2)9(5-12)10(15)14-11-13-7(3)8(4)16-11/h6,9H,1-4H3,(H,13,14,15). The highest BCUT2D eigenvalue weighted by Gasteiger charge is 2.22. The van der Waals surface area contributed by atoms with E-state index in [1.807, 2.05) is 33.8 Å². The molecule has 0 fully saturated rings. The van der Waals surface area contributed by atoms with Crippen LogP contribution in [0.3, 0.4) is 0 Å². The van der Waals surface area contributed by atoms with Crippen LogP contribution in [0.1, 0.15) is 24.4 Å². The summed E-state index contributed by atoms with van der Waals surface area (Å²) >= 11 is 1.43. The van der Waals surface area contributed by atoms with E-state index in [2.05, 4.69) is 10.3 Å². The van der Waals surface area contributed by atoms with Crippen LogP contribution in [-0.4, -0.2) is 10.9 Å². The minimum absolute atomic E-state index is 0.00663. The second-order valence-electron chi connectivity index (χ2n) is 4.00. The molecule has 1 atom stereocenters. The number of aromatic nitrogens is 1. The topological polar surface area (TPSA) is 65.8 Å². The van der Waals surface area contributed by atoms with Gasteiger partial charge in [0.05, 0.1) is 11.8 Å². The number of rotatable bonds is 3. The predicted octanol–water partition coefficient (Wildman–Crippen LogP) is 2.49. The molecule has 4 nitrogen and oxygen atoms in total. The third kappa shape index (κ3) is 2.80. The molecule has 0 saturated carbocycles. The third-order valence-corrected chi connectivity index (χ3v) is 3.34. The van der Waals surface area contributed by atoms with E-state index in [1.54, 1.807) is 0 Å². The first-order valence-electron chi connectivity index (χ1n) is 5.10. The van der Waals surface area contributed by atoms with Crippen LogP contribution in [0.25, 0.3) is 0 Å². The Kier molecular flexibility index (Phi) is 4.02. The van der Waals surface area contributed by atoms with E-state index < -0.39 is 5.92 Å². The highest BCUT2D eigenvalue weighted by molar-refractivity contribution is 7.15. The van der Waals surface area contributed by atoms with Gasteiger partial charge in [-0.05, 0) is 19.8 Å². The number of hydrogen-bond acceptors (Lipinski definition) is 4. The zero-order valence-corrected chi connectivity index (χ0v) is 10.7. The Morgan fingerprint density at radius 1 is 1.50 bits per heavy atom. The molecule has 0 aliphatic heterocycles. The highest BCUT2D eigenvalue weighted by Crippen LogP contribution is 2.22. The number of aryl methyl sites for hydroxylation is 2. The highest BCUT2D eigenvalue weighted by atomic mass is 32.1. The number of nitrogens with zero attached hydrogens (tertiary/aromatic N) is 2. The van der Waals surface area contributed by atoms with E-state index in [4.69, 9.17) is 5.26 Å². The van der Waals surface area contributed by atoms with Gasteiger partial charge in [-0.1, -0.05) is 13.8 Å². The van der Waals surface area contributed by atoms with Crippen LogP contribution in [0.5, 0.6) is 0 Å². The minimum atomic E-state index is -0.621. The van der Waals surface area contributed by atoms with Gasteiger partial charge in [-0.25, -0.2) is 4.98 Å². The van der Waals surface area contributed by atoms with Crippen LogP contribution in [0.15, 0.2) is 0 Å². The molecule has 0 bridgehead atoms.